The van der Waals surface area contributed by atoms with E-state index in [1.807, 2.05) is 50.2 Å². The standard InChI is InChI=1S/C21H23NO4/c1-5-25-18-11-10-14-15(21(18)26-6-2)12-13-22-19(14)16-8-7-9-17(23-3)20(16)24-4/h7-13H,5-6H2,1-4H3. The first kappa shape index (κ1) is 17.9. The highest BCUT2D eigenvalue weighted by atomic mass is 16.5. The summed E-state index contributed by atoms with van der Waals surface area (Å²) in [5.74, 6) is 2.79. The number of benzene rings is 2. The van der Waals surface area contributed by atoms with Crippen LogP contribution in [0.2, 0.25) is 0 Å². The minimum atomic E-state index is 0.555. The molecule has 5 nitrogen and oxygen atoms in total. The second kappa shape index (κ2) is 7.95. The third-order valence-electron chi connectivity index (χ3n) is 4.11. The maximum atomic E-state index is 5.89. The van der Waals surface area contributed by atoms with E-state index >= 15 is 0 Å². The fourth-order valence-electron chi connectivity index (χ4n) is 3.06. The Labute approximate surface area is 153 Å². The van der Waals surface area contributed by atoms with Crippen molar-refractivity contribution in [3.63, 3.8) is 0 Å². The molecule has 0 aliphatic heterocycles. The SMILES string of the molecule is CCOc1ccc2c(-c3cccc(OC)c3OC)nccc2c1OCC. The molecule has 0 N–H and O–H groups in total. The summed E-state index contributed by atoms with van der Waals surface area (Å²) in [6, 6.07) is 11.6. The maximum Gasteiger partial charge on any atom is 0.170 e. The van der Waals surface area contributed by atoms with Crippen LogP contribution < -0.4 is 18.9 Å². The lowest BCUT2D eigenvalue weighted by atomic mass is 10.0. The maximum absolute atomic E-state index is 5.89. The molecule has 0 bridgehead atoms. The Morgan fingerprint density at radius 1 is 0.769 bits per heavy atom. The molecular formula is C21H23NO4. The van der Waals surface area contributed by atoms with E-state index in [9.17, 15) is 0 Å². The summed E-state index contributed by atoms with van der Waals surface area (Å²) in [4.78, 5) is 4.61. The fourth-order valence-corrected chi connectivity index (χ4v) is 3.06. The van der Waals surface area contributed by atoms with Crippen molar-refractivity contribution in [1.29, 1.82) is 0 Å². The van der Waals surface area contributed by atoms with Gasteiger partial charge in [0, 0.05) is 22.5 Å². The number of pyridine rings is 1. The van der Waals surface area contributed by atoms with Crippen molar-refractivity contribution in [2.24, 2.45) is 0 Å². The lowest BCUT2D eigenvalue weighted by Crippen LogP contribution is -2.00. The van der Waals surface area contributed by atoms with E-state index in [2.05, 4.69) is 4.98 Å². The molecular weight excluding hydrogens is 330 g/mol. The van der Waals surface area contributed by atoms with Crippen LogP contribution in [0.3, 0.4) is 0 Å². The zero-order valence-electron chi connectivity index (χ0n) is 15.5. The van der Waals surface area contributed by atoms with Gasteiger partial charge in [-0.25, -0.2) is 0 Å². The molecule has 0 aliphatic rings. The van der Waals surface area contributed by atoms with E-state index < -0.39 is 0 Å². The Morgan fingerprint density at radius 2 is 1.58 bits per heavy atom. The van der Waals surface area contributed by atoms with Crippen molar-refractivity contribution >= 4 is 10.8 Å². The van der Waals surface area contributed by atoms with Gasteiger partial charge in [-0.2, -0.15) is 0 Å². The van der Waals surface area contributed by atoms with Gasteiger partial charge in [0.05, 0.1) is 33.1 Å². The summed E-state index contributed by atoms with van der Waals surface area (Å²) in [5.41, 5.74) is 1.67. The molecule has 3 rings (SSSR count). The Hall–Kier alpha value is -2.95. The highest BCUT2D eigenvalue weighted by Crippen LogP contribution is 2.43. The predicted octanol–water partition coefficient (Wildman–Crippen LogP) is 4.72. The van der Waals surface area contributed by atoms with E-state index in [1.54, 1.807) is 20.4 Å². The minimum Gasteiger partial charge on any atom is -0.493 e. The van der Waals surface area contributed by atoms with Crippen LogP contribution in [-0.2, 0) is 0 Å². The average Bonchev–Trinajstić information content (AvgIpc) is 2.68. The molecule has 0 saturated heterocycles. The molecule has 1 heterocycles. The first-order valence-electron chi connectivity index (χ1n) is 8.63. The number of aromatic nitrogens is 1. The van der Waals surface area contributed by atoms with Crippen LogP contribution in [-0.4, -0.2) is 32.4 Å². The van der Waals surface area contributed by atoms with Gasteiger partial charge in [-0.15, -0.1) is 0 Å². The van der Waals surface area contributed by atoms with Crippen LogP contribution in [0.1, 0.15) is 13.8 Å². The van der Waals surface area contributed by atoms with E-state index in [1.165, 1.54) is 0 Å². The number of fused-ring (bicyclic) bond motifs is 1. The summed E-state index contributed by atoms with van der Waals surface area (Å²) in [6.45, 7) is 5.05. The normalized spacial score (nSPS) is 10.6. The van der Waals surface area contributed by atoms with Crippen LogP contribution in [0.15, 0.2) is 42.6 Å². The van der Waals surface area contributed by atoms with Crippen molar-refractivity contribution in [3.8, 4) is 34.3 Å². The quantitative estimate of drug-likeness (QED) is 0.615. The molecule has 1 aromatic heterocycles. The third kappa shape index (κ3) is 3.12. The molecule has 0 atom stereocenters. The van der Waals surface area contributed by atoms with E-state index in [0.717, 1.165) is 33.5 Å². The van der Waals surface area contributed by atoms with Crippen LogP contribution in [0.25, 0.3) is 22.0 Å². The van der Waals surface area contributed by atoms with Crippen LogP contribution in [0.4, 0.5) is 0 Å². The summed E-state index contributed by atoms with van der Waals surface area (Å²) in [7, 11) is 3.25. The van der Waals surface area contributed by atoms with Gasteiger partial charge in [-0.3, -0.25) is 4.98 Å². The van der Waals surface area contributed by atoms with Crippen molar-refractivity contribution in [3.05, 3.63) is 42.6 Å². The highest BCUT2D eigenvalue weighted by Gasteiger charge is 2.18. The van der Waals surface area contributed by atoms with E-state index in [0.29, 0.717) is 24.7 Å². The molecule has 2 aromatic carbocycles. The smallest absolute Gasteiger partial charge is 0.170 e. The zero-order valence-corrected chi connectivity index (χ0v) is 15.5. The molecule has 0 unspecified atom stereocenters. The Bertz CT molecular complexity index is 908. The summed E-state index contributed by atoms with van der Waals surface area (Å²) in [5, 5.41) is 1.92. The Kier molecular flexibility index (Phi) is 5.46. The summed E-state index contributed by atoms with van der Waals surface area (Å²) in [6.07, 6.45) is 1.77. The van der Waals surface area contributed by atoms with Gasteiger partial charge in [0.25, 0.3) is 0 Å². The number of ether oxygens (including phenoxy) is 4. The lowest BCUT2D eigenvalue weighted by molar-refractivity contribution is 0.291. The molecule has 136 valence electrons. The van der Waals surface area contributed by atoms with Crippen LogP contribution in [0, 0.1) is 0 Å². The van der Waals surface area contributed by atoms with Gasteiger partial charge in [0.1, 0.15) is 0 Å². The fraction of sp³-hybridized carbons (Fsp3) is 0.286. The largest absolute Gasteiger partial charge is 0.493 e. The van der Waals surface area contributed by atoms with Crippen molar-refractivity contribution < 1.29 is 18.9 Å². The highest BCUT2D eigenvalue weighted by molar-refractivity contribution is 6.00. The van der Waals surface area contributed by atoms with Gasteiger partial charge >= 0.3 is 0 Å². The average molecular weight is 353 g/mol. The van der Waals surface area contributed by atoms with Gasteiger partial charge in [-0.05, 0) is 44.2 Å². The number of para-hydroxylation sites is 1. The number of hydrogen-bond acceptors (Lipinski definition) is 5. The molecule has 0 aliphatic carbocycles. The minimum absolute atomic E-state index is 0.555. The van der Waals surface area contributed by atoms with Gasteiger partial charge < -0.3 is 18.9 Å². The second-order valence-corrected chi connectivity index (χ2v) is 5.55. The number of hydrogen-bond donors (Lipinski definition) is 0. The molecule has 0 fully saturated rings. The van der Waals surface area contributed by atoms with E-state index in [4.69, 9.17) is 18.9 Å². The zero-order chi connectivity index (χ0) is 18.5. The van der Waals surface area contributed by atoms with Crippen LogP contribution in [0.5, 0.6) is 23.0 Å². The molecule has 3 aromatic rings. The van der Waals surface area contributed by atoms with Gasteiger partial charge in [0.15, 0.2) is 23.0 Å². The van der Waals surface area contributed by atoms with Crippen molar-refractivity contribution in [1.82, 2.24) is 4.98 Å². The van der Waals surface area contributed by atoms with Crippen LogP contribution >= 0.6 is 0 Å². The van der Waals surface area contributed by atoms with Crippen molar-refractivity contribution in [2.75, 3.05) is 27.4 Å². The third-order valence-corrected chi connectivity index (χ3v) is 4.11. The Balaban J connectivity index is 2.28. The monoisotopic (exact) mass is 353 g/mol. The predicted molar refractivity (Wildman–Crippen MR) is 103 cm³/mol. The summed E-state index contributed by atoms with van der Waals surface area (Å²) >= 11 is 0. The number of nitrogens with zero attached hydrogens (tertiary/aromatic N) is 1. The molecule has 0 spiro atoms. The summed E-state index contributed by atoms with van der Waals surface area (Å²) < 4.78 is 22.6. The topological polar surface area (TPSA) is 49.8 Å². The number of rotatable bonds is 7. The second-order valence-electron chi connectivity index (χ2n) is 5.55. The molecule has 0 radical (unpaired) electrons. The molecule has 5 heteroatoms. The molecule has 0 saturated carbocycles. The first-order valence-corrected chi connectivity index (χ1v) is 8.63. The first-order chi connectivity index (χ1) is 12.7. The number of methoxy groups -OCH3 is 2. The van der Waals surface area contributed by atoms with Gasteiger partial charge in [-0.1, -0.05) is 6.07 Å². The van der Waals surface area contributed by atoms with E-state index in [-0.39, 0.29) is 0 Å². The van der Waals surface area contributed by atoms with Gasteiger partial charge in [0.2, 0.25) is 0 Å². The molecule has 0 amide bonds. The van der Waals surface area contributed by atoms with Crippen molar-refractivity contribution in [2.45, 2.75) is 13.8 Å². The molecule has 26 heavy (non-hydrogen) atoms. The Morgan fingerprint density at radius 3 is 2.27 bits per heavy atom. The lowest BCUT2D eigenvalue weighted by Gasteiger charge is -2.16.